The predicted octanol–water partition coefficient (Wildman–Crippen LogP) is 3.57. The van der Waals surface area contributed by atoms with Crippen molar-refractivity contribution in [1.82, 2.24) is 4.72 Å². The van der Waals surface area contributed by atoms with E-state index in [2.05, 4.69) is 20.7 Å². The Morgan fingerprint density at radius 1 is 1.18 bits per heavy atom. The first-order valence-corrected chi connectivity index (χ1v) is 9.46. The molecule has 0 saturated heterocycles. The zero-order valence-electron chi connectivity index (χ0n) is 12.3. The van der Waals surface area contributed by atoms with Gasteiger partial charge in [0.1, 0.15) is 15.7 Å². The first-order valence-electron chi connectivity index (χ1n) is 6.37. The maximum atomic E-state index is 12.4. The molecule has 2 aromatic rings. The lowest BCUT2D eigenvalue weighted by Crippen LogP contribution is -2.26. The van der Waals surface area contributed by atoms with Gasteiger partial charge in [-0.3, -0.25) is 0 Å². The smallest absolute Gasteiger partial charge is 0.250 e. The molecule has 0 amide bonds. The summed E-state index contributed by atoms with van der Waals surface area (Å²) in [4.78, 5) is 0. The molecule has 0 spiro atoms. The molecular formula is C14H16BrNO4S2. The van der Waals surface area contributed by atoms with Crippen molar-refractivity contribution in [1.29, 1.82) is 0 Å². The standard InChI is InChI=1S/C14H16BrNO4S2/c1-9(11-8-10(19-2)4-5-12(11)20-3)16-22(17,18)14-7-6-13(15)21-14/h4-9,16H,1-3H3. The van der Waals surface area contributed by atoms with Crippen LogP contribution in [0, 0.1) is 0 Å². The minimum Gasteiger partial charge on any atom is -0.497 e. The van der Waals surface area contributed by atoms with Gasteiger partial charge in [-0.1, -0.05) is 0 Å². The number of hydrogen-bond donors (Lipinski definition) is 1. The number of rotatable bonds is 6. The first kappa shape index (κ1) is 17.3. The van der Waals surface area contributed by atoms with Gasteiger partial charge in [0, 0.05) is 11.6 Å². The van der Waals surface area contributed by atoms with Crippen LogP contribution in [0.1, 0.15) is 18.5 Å². The van der Waals surface area contributed by atoms with Gasteiger partial charge in [0.2, 0.25) is 0 Å². The second-order valence-corrected chi connectivity index (χ2v) is 8.91. The summed E-state index contributed by atoms with van der Waals surface area (Å²) >= 11 is 4.43. The molecule has 0 radical (unpaired) electrons. The van der Waals surface area contributed by atoms with E-state index in [1.807, 2.05) is 0 Å². The van der Waals surface area contributed by atoms with E-state index >= 15 is 0 Å². The van der Waals surface area contributed by atoms with Gasteiger partial charge in [-0.05, 0) is 53.2 Å². The fourth-order valence-electron chi connectivity index (χ4n) is 1.97. The summed E-state index contributed by atoms with van der Waals surface area (Å²) in [5.74, 6) is 1.24. The number of sulfonamides is 1. The second kappa shape index (κ2) is 6.99. The Hall–Kier alpha value is -1.09. The van der Waals surface area contributed by atoms with Crippen molar-refractivity contribution in [2.24, 2.45) is 0 Å². The molecule has 1 atom stereocenters. The van der Waals surface area contributed by atoms with Crippen molar-refractivity contribution >= 4 is 37.3 Å². The molecule has 0 aliphatic carbocycles. The molecule has 0 aliphatic rings. The highest BCUT2D eigenvalue weighted by atomic mass is 79.9. The van der Waals surface area contributed by atoms with Crippen molar-refractivity contribution in [2.45, 2.75) is 17.2 Å². The summed E-state index contributed by atoms with van der Waals surface area (Å²) in [5, 5.41) is 0. The molecule has 0 bridgehead atoms. The predicted molar refractivity (Wildman–Crippen MR) is 90.3 cm³/mol. The maximum absolute atomic E-state index is 12.4. The third kappa shape index (κ3) is 3.81. The minimum absolute atomic E-state index is 0.257. The quantitative estimate of drug-likeness (QED) is 0.797. The maximum Gasteiger partial charge on any atom is 0.250 e. The molecule has 8 heteroatoms. The van der Waals surface area contributed by atoms with Crippen LogP contribution in [0.4, 0.5) is 0 Å². The van der Waals surface area contributed by atoms with Crippen LogP contribution in [-0.2, 0) is 10.0 Å². The molecule has 1 aromatic heterocycles. The SMILES string of the molecule is COc1ccc(OC)c(C(C)NS(=O)(=O)c2ccc(Br)s2)c1. The molecule has 5 nitrogen and oxygen atoms in total. The highest BCUT2D eigenvalue weighted by Gasteiger charge is 2.22. The van der Waals surface area contributed by atoms with Crippen molar-refractivity contribution in [3.8, 4) is 11.5 Å². The Kier molecular flexibility index (Phi) is 5.49. The number of benzene rings is 1. The van der Waals surface area contributed by atoms with E-state index in [1.54, 1.807) is 51.5 Å². The summed E-state index contributed by atoms with van der Waals surface area (Å²) in [6.45, 7) is 1.76. The number of methoxy groups -OCH3 is 2. The summed E-state index contributed by atoms with van der Waals surface area (Å²) in [7, 11) is -0.486. The van der Waals surface area contributed by atoms with E-state index in [0.717, 1.165) is 15.1 Å². The fraction of sp³-hybridized carbons (Fsp3) is 0.286. The first-order chi connectivity index (χ1) is 10.4. The van der Waals surface area contributed by atoms with E-state index in [4.69, 9.17) is 9.47 Å². The molecule has 1 aromatic carbocycles. The molecule has 0 saturated carbocycles. The van der Waals surface area contributed by atoms with Crippen molar-refractivity contribution in [2.75, 3.05) is 14.2 Å². The van der Waals surface area contributed by atoms with E-state index in [-0.39, 0.29) is 4.21 Å². The number of hydrogen-bond acceptors (Lipinski definition) is 5. The fourth-order valence-corrected chi connectivity index (χ4v) is 5.22. The molecule has 0 fully saturated rings. The van der Waals surface area contributed by atoms with E-state index in [0.29, 0.717) is 17.1 Å². The zero-order valence-corrected chi connectivity index (χ0v) is 15.5. The van der Waals surface area contributed by atoms with Crippen LogP contribution < -0.4 is 14.2 Å². The van der Waals surface area contributed by atoms with E-state index in [1.165, 1.54) is 0 Å². The Morgan fingerprint density at radius 3 is 2.45 bits per heavy atom. The molecule has 1 heterocycles. The number of nitrogens with one attached hydrogen (secondary N) is 1. The molecule has 1 unspecified atom stereocenters. The Morgan fingerprint density at radius 2 is 1.91 bits per heavy atom. The lowest BCUT2D eigenvalue weighted by molar-refractivity contribution is 0.395. The lowest BCUT2D eigenvalue weighted by Gasteiger charge is -2.17. The monoisotopic (exact) mass is 405 g/mol. The third-order valence-electron chi connectivity index (χ3n) is 3.05. The van der Waals surface area contributed by atoms with Crippen LogP contribution in [0.15, 0.2) is 38.3 Å². The number of halogens is 1. The molecule has 2 rings (SSSR count). The highest BCUT2D eigenvalue weighted by Crippen LogP contribution is 2.31. The van der Waals surface area contributed by atoms with Crippen molar-refractivity contribution < 1.29 is 17.9 Å². The average molecular weight is 406 g/mol. The van der Waals surface area contributed by atoms with Crippen LogP contribution >= 0.6 is 27.3 Å². The van der Waals surface area contributed by atoms with Gasteiger partial charge in [0.15, 0.2) is 0 Å². The zero-order chi connectivity index (χ0) is 16.3. The van der Waals surface area contributed by atoms with Crippen LogP contribution in [-0.4, -0.2) is 22.6 Å². The molecule has 1 N–H and O–H groups in total. The van der Waals surface area contributed by atoms with Gasteiger partial charge in [0.05, 0.1) is 18.0 Å². The number of thiophene rings is 1. The van der Waals surface area contributed by atoms with Gasteiger partial charge in [0.25, 0.3) is 10.0 Å². The van der Waals surface area contributed by atoms with Crippen LogP contribution in [0.5, 0.6) is 11.5 Å². The molecule has 22 heavy (non-hydrogen) atoms. The summed E-state index contributed by atoms with van der Waals surface area (Å²) in [5.41, 5.74) is 0.709. The van der Waals surface area contributed by atoms with Crippen LogP contribution in [0.25, 0.3) is 0 Å². The van der Waals surface area contributed by atoms with Crippen LogP contribution in [0.2, 0.25) is 0 Å². The number of ether oxygens (including phenoxy) is 2. The van der Waals surface area contributed by atoms with Gasteiger partial charge in [-0.25, -0.2) is 13.1 Å². The Labute approximate surface area is 142 Å². The minimum atomic E-state index is -3.59. The van der Waals surface area contributed by atoms with Crippen molar-refractivity contribution in [3.63, 3.8) is 0 Å². The second-order valence-electron chi connectivity index (χ2n) is 4.51. The lowest BCUT2D eigenvalue weighted by atomic mass is 10.1. The molecular weight excluding hydrogens is 390 g/mol. The van der Waals surface area contributed by atoms with Gasteiger partial charge in [-0.2, -0.15) is 0 Å². The van der Waals surface area contributed by atoms with E-state index < -0.39 is 16.1 Å². The average Bonchev–Trinajstić information content (AvgIpc) is 2.93. The topological polar surface area (TPSA) is 64.6 Å². The highest BCUT2D eigenvalue weighted by molar-refractivity contribution is 9.11. The van der Waals surface area contributed by atoms with Crippen LogP contribution in [0.3, 0.4) is 0 Å². The largest absolute Gasteiger partial charge is 0.497 e. The normalized spacial score (nSPS) is 12.9. The Balaban J connectivity index is 2.30. The van der Waals surface area contributed by atoms with Gasteiger partial charge < -0.3 is 9.47 Å². The summed E-state index contributed by atoms with van der Waals surface area (Å²) in [6.07, 6.45) is 0. The summed E-state index contributed by atoms with van der Waals surface area (Å²) in [6, 6.07) is 8.08. The molecule has 120 valence electrons. The van der Waals surface area contributed by atoms with Gasteiger partial charge in [-0.15, -0.1) is 11.3 Å². The Bertz CT molecular complexity index is 758. The third-order valence-corrected chi connectivity index (χ3v) is 6.70. The van der Waals surface area contributed by atoms with E-state index in [9.17, 15) is 8.42 Å². The summed E-state index contributed by atoms with van der Waals surface area (Å²) < 4.78 is 38.9. The molecule has 0 aliphatic heterocycles. The van der Waals surface area contributed by atoms with Crippen molar-refractivity contribution in [3.05, 3.63) is 39.7 Å². The van der Waals surface area contributed by atoms with Gasteiger partial charge >= 0.3 is 0 Å².